The van der Waals surface area contributed by atoms with Crippen LogP contribution in [0.1, 0.15) is 65.9 Å². The molecule has 5 nitrogen and oxygen atoms in total. The molecule has 1 aromatic rings. The van der Waals surface area contributed by atoms with Crippen LogP contribution in [0.2, 0.25) is 0 Å². The van der Waals surface area contributed by atoms with Crippen molar-refractivity contribution < 1.29 is 15.8 Å². The SMILES string of the molecule is C=O.CC/C=C/c1ccccc1C/C=C\C(=O)C1CCN(C)CC1.CC1C=CN(C(C)C)C=C1CC=O.[HH]. The van der Waals surface area contributed by atoms with Crippen LogP contribution >= 0.6 is 0 Å². The van der Waals surface area contributed by atoms with Gasteiger partial charge in [0.1, 0.15) is 13.1 Å². The molecular weight excluding hydrogens is 460 g/mol. The second kappa shape index (κ2) is 18.2. The van der Waals surface area contributed by atoms with Crippen LogP contribution in [0.5, 0.6) is 0 Å². The van der Waals surface area contributed by atoms with Crippen molar-refractivity contribution in [3.8, 4) is 0 Å². The summed E-state index contributed by atoms with van der Waals surface area (Å²) in [5.41, 5.74) is 3.73. The van der Waals surface area contributed by atoms with Crippen molar-refractivity contribution in [2.24, 2.45) is 11.8 Å². The fraction of sp³-hybridized carbons (Fsp3) is 0.469. The topological polar surface area (TPSA) is 57.7 Å². The van der Waals surface area contributed by atoms with Gasteiger partial charge in [-0.3, -0.25) is 4.79 Å². The quantitative estimate of drug-likeness (QED) is 0.281. The number of nitrogens with zero attached hydrogens (tertiary/aromatic N) is 2. The molecule has 1 atom stereocenters. The number of hydrogen-bond donors (Lipinski definition) is 0. The number of hydrogen-bond acceptors (Lipinski definition) is 5. The maximum Gasteiger partial charge on any atom is 0.158 e. The highest BCUT2D eigenvalue weighted by Crippen LogP contribution is 2.22. The van der Waals surface area contributed by atoms with Gasteiger partial charge in [0.2, 0.25) is 0 Å². The first-order valence-electron chi connectivity index (χ1n) is 13.4. The Hall–Kier alpha value is -3.05. The van der Waals surface area contributed by atoms with Crippen molar-refractivity contribution in [3.63, 3.8) is 0 Å². The number of allylic oxidation sites excluding steroid dienone is 5. The highest BCUT2D eigenvalue weighted by atomic mass is 16.1. The Labute approximate surface area is 226 Å². The van der Waals surface area contributed by atoms with E-state index < -0.39 is 0 Å². The molecule has 3 rings (SSSR count). The maximum atomic E-state index is 12.2. The smallest absolute Gasteiger partial charge is 0.158 e. The van der Waals surface area contributed by atoms with Gasteiger partial charge in [-0.1, -0.05) is 62.4 Å². The monoisotopic (exact) mass is 508 g/mol. The van der Waals surface area contributed by atoms with Gasteiger partial charge in [0, 0.05) is 32.2 Å². The largest absolute Gasteiger partial charge is 0.352 e. The van der Waals surface area contributed by atoms with E-state index >= 15 is 0 Å². The van der Waals surface area contributed by atoms with Gasteiger partial charge in [-0.25, -0.2) is 0 Å². The number of benzene rings is 1. The highest BCUT2D eigenvalue weighted by Gasteiger charge is 2.21. The standard InChI is InChI=1S/C20H27NO.C11H17NO.CH2O.H2/c1-3-4-8-17-9-5-6-10-18(17)11-7-12-20(22)19-13-15-21(2)16-14-19;1-9(2)12-6-4-10(3)11(8-12)5-7-13;1-2;/h4-10,12,19H,3,11,13-16H2,1-2H3;4,6-10H,5H2,1-3H3;1H2;1H/b8-4+,12-7-;;;. The number of aldehydes is 1. The number of carbonyl (C=O) groups excluding carboxylic acids is 3. The van der Waals surface area contributed by atoms with E-state index in [0.717, 1.165) is 45.1 Å². The summed E-state index contributed by atoms with van der Waals surface area (Å²) in [7, 11) is 2.12. The Balaban J connectivity index is 0.000000735. The normalized spacial score (nSPS) is 18.3. The molecule has 5 heteroatoms. The van der Waals surface area contributed by atoms with E-state index in [0.29, 0.717) is 24.2 Å². The molecule has 0 radical (unpaired) electrons. The Morgan fingerprint density at radius 2 is 1.81 bits per heavy atom. The number of carbonyl (C=O) groups is 3. The van der Waals surface area contributed by atoms with Crippen LogP contribution in [0, 0.1) is 11.8 Å². The van der Waals surface area contributed by atoms with Crippen LogP contribution in [-0.2, 0) is 20.8 Å². The molecule has 1 fully saturated rings. The molecule has 1 aromatic carbocycles. The first-order valence-corrected chi connectivity index (χ1v) is 13.4. The first-order chi connectivity index (χ1) is 17.8. The van der Waals surface area contributed by atoms with E-state index in [1.54, 1.807) is 6.08 Å². The molecule has 2 heterocycles. The summed E-state index contributed by atoms with van der Waals surface area (Å²) in [4.78, 5) is 35.1. The van der Waals surface area contributed by atoms with E-state index in [9.17, 15) is 9.59 Å². The maximum absolute atomic E-state index is 12.2. The van der Waals surface area contributed by atoms with E-state index in [-0.39, 0.29) is 7.34 Å². The summed E-state index contributed by atoms with van der Waals surface area (Å²) in [5.74, 6) is 0.928. The van der Waals surface area contributed by atoms with Crippen LogP contribution in [0.25, 0.3) is 6.08 Å². The minimum atomic E-state index is 0. The van der Waals surface area contributed by atoms with Crippen LogP contribution in [0.3, 0.4) is 0 Å². The van der Waals surface area contributed by atoms with Crippen molar-refractivity contribution in [3.05, 3.63) is 77.7 Å². The third kappa shape index (κ3) is 11.7. The summed E-state index contributed by atoms with van der Waals surface area (Å²) in [5, 5.41) is 0. The highest BCUT2D eigenvalue weighted by molar-refractivity contribution is 5.91. The van der Waals surface area contributed by atoms with Gasteiger partial charge in [-0.15, -0.1) is 0 Å². The lowest BCUT2D eigenvalue weighted by Gasteiger charge is -2.27. The van der Waals surface area contributed by atoms with Crippen molar-refractivity contribution >= 4 is 24.9 Å². The molecule has 0 aliphatic carbocycles. The zero-order valence-corrected chi connectivity index (χ0v) is 23.4. The van der Waals surface area contributed by atoms with Crippen molar-refractivity contribution in [2.45, 2.75) is 65.8 Å². The van der Waals surface area contributed by atoms with Crippen LogP contribution in [0.15, 0.2) is 66.5 Å². The Morgan fingerprint density at radius 3 is 2.43 bits per heavy atom. The third-order valence-corrected chi connectivity index (χ3v) is 6.69. The van der Waals surface area contributed by atoms with Crippen LogP contribution in [-0.4, -0.2) is 54.8 Å². The minimum Gasteiger partial charge on any atom is -0.352 e. The molecule has 1 saturated heterocycles. The zero-order valence-electron chi connectivity index (χ0n) is 23.4. The van der Waals surface area contributed by atoms with E-state index in [1.807, 2.05) is 12.9 Å². The lowest BCUT2D eigenvalue weighted by Crippen LogP contribution is -2.33. The fourth-order valence-electron chi connectivity index (χ4n) is 4.22. The van der Waals surface area contributed by atoms with E-state index in [2.05, 4.69) is 99.4 Å². The fourth-order valence-corrected chi connectivity index (χ4v) is 4.22. The predicted molar refractivity (Wildman–Crippen MR) is 157 cm³/mol. The van der Waals surface area contributed by atoms with Gasteiger partial charge in [0.25, 0.3) is 0 Å². The number of piperidine rings is 1. The van der Waals surface area contributed by atoms with E-state index in [1.165, 1.54) is 16.7 Å². The van der Waals surface area contributed by atoms with Gasteiger partial charge in [0.05, 0.1) is 0 Å². The number of likely N-dealkylation sites (tertiary alicyclic amines) is 1. The Bertz CT molecular complexity index is 944. The van der Waals surface area contributed by atoms with Gasteiger partial charge in [0.15, 0.2) is 5.78 Å². The van der Waals surface area contributed by atoms with Crippen LogP contribution in [0.4, 0.5) is 0 Å². The first kappa shape index (κ1) is 32.0. The molecule has 1 unspecified atom stereocenters. The third-order valence-electron chi connectivity index (χ3n) is 6.69. The minimum absolute atomic E-state index is 0. The lowest BCUT2D eigenvalue weighted by atomic mass is 9.92. The zero-order chi connectivity index (χ0) is 27.6. The van der Waals surface area contributed by atoms with Gasteiger partial charge in [-0.2, -0.15) is 0 Å². The van der Waals surface area contributed by atoms with Crippen molar-refractivity contribution in [1.29, 1.82) is 0 Å². The number of ketones is 1. The average Bonchev–Trinajstić information content (AvgIpc) is 2.91. The molecule has 2 aliphatic heterocycles. The Kier molecular flexibility index (Phi) is 15.8. The molecule has 0 bridgehead atoms. The second-order valence-electron chi connectivity index (χ2n) is 9.84. The summed E-state index contributed by atoms with van der Waals surface area (Å²) in [6, 6.07) is 8.86. The van der Waals surface area contributed by atoms with Gasteiger partial charge in [-0.05, 0) is 88.4 Å². The van der Waals surface area contributed by atoms with Gasteiger partial charge >= 0.3 is 0 Å². The van der Waals surface area contributed by atoms with Crippen molar-refractivity contribution in [2.75, 3.05) is 20.1 Å². The molecule has 0 aromatic heterocycles. The number of rotatable bonds is 9. The molecule has 204 valence electrons. The lowest BCUT2D eigenvalue weighted by molar-refractivity contribution is -0.119. The van der Waals surface area contributed by atoms with Crippen LogP contribution < -0.4 is 0 Å². The second-order valence-corrected chi connectivity index (χ2v) is 9.84. The van der Waals surface area contributed by atoms with Gasteiger partial charge < -0.3 is 19.4 Å². The predicted octanol–water partition coefficient (Wildman–Crippen LogP) is 6.51. The summed E-state index contributed by atoms with van der Waals surface area (Å²) in [6.45, 7) is 12.6. The van der Waals surface area contributed by atoms with Crippen molar-refractivity contribution in [1.82, 2.24) is 9.80 Å². The molecule has 0 amide bonds. The summed E-state index contributed by atoms with van der Waals surface area (Å²) >= 11 is 0. The molecule has 0 spiro atoms. The molecule has 0 saturated carbocycles. The molecule has 37 heavy (non-hydrogen) atoms. The average molecular weight is 509 g/mol. The Morgan fingerprint density at radius 1 is 1.14 bits per heavy atom. The molecule has 2 aliphatic rings. The molecular formula is C32H48N2O3. The molecule has 0 N–H and O–H groups in total. The summed E-state index contributed by atoms with van der Waals surface area (Å²) < 4.78 is 0. The summed E-state index contributed by atoms with van der Waals surface area (Å²) in [6.07, 6.45) is 19.9. The van der Waals surface area contributed by atoms with E-state index in [4.69, 9.17) is 4.79 Å².